The summed E-state index contributed by atoms with van der Waals surface area (Å²) in [6.07, 6.45) is 2.28. The van der Waals surface area contributed by atoms with Crippen molar-refractivity contribution in [3.8, 4) is 17.1 Å². The van der Waals surface area contributed by atoms with Crippen molar-refractivity contribution in [3.63, 3.8) is 0 Å². The Morgan fingerprint density at radius 2 is 1.58 bits per heavy atom. The fourth-order valence-electron chi connectivity index (χ4n) is 5.63. The number of carbonyl (C=O) groups excluding carboxylic acids is 1. The van der Waals surface area contributed by atoms with Gasteiger partial charge in [0.05, 0.1) is 17.1 Å². The zero-order chi connectivity index (χ0) is 30.6. The van der Waals surface area contributed by atoms with E-state index in [4.69, 9.17) is 26.3 Å². The predicted octanol–water partition coefficient (Wildman–Crippen LogP) is 8.48. The Morgan fingerprint density at radius 3 is 2.40 bits per heavy atom. The number of amides is 1. The van der Waals surface area contributed by atoms with Crippen LogP contribution in [0.4, 0.5) is 17.2 Å². The van der Waals surface area contributed by atoms with Crippen molar-refractivity contribution in [2.75, 3.05) is 30.3 Å². The van der Waals surface area contributed by atoms with Gasteiger partial charge in [-0.2, -0.15) is 0 Å². The minimum absolute atomic E-state index is 0.191. The molecule has 1 saturated heterocycles. The van der Waals surface area contributed by atoms with Gasteiger partial charge in [0.15, 0.2) is 5.82 Å². The fraction of sp³-hybridized carbons (Fsp3) is 0.162. The minimum Gasteiger partial charge on any atom is -0.493 e. The van der Waals surface area contributed by atoms with Crippen LogP contribution >= 0.6 is 11.6 Å². The average Bonchev–Trinajstić information content (AvgIpc) is 3.08. The molecule has 7 rings (SSSR count). The zero-order valence-electron chi connectivity index (χ0n) is 24.6. The van der Waals surface area contributed by atoms with Gasteiger partial charge in [-0.25, -0.2) is 9.97 Å². The molecule has 0 spiro atoms. The van der Waals surface area contributed by atoms with E-state index in [2.05, 4.69) is 16.0 Å². The van der Waals surface area contributed by atoms with E-state index in [-0.39, 0.29) is 5.91 Å². The maximum Gasteiger partial charge on any atom is 0.255 e. The Morgan fingerprint density at radius 1 is 0.822 bits per heavy atom. The lowest BCUT2D eigenvalue weighted by Gasteiger charge is -2.22. The van der Waals surface area contributed by atoms with Crippen molar-refractivity contribution in [2.45, 2.75) is 12.8 Å². The van der Waals surface area contributed by atoms with Crippen molar-refractivity contribution in [2.24, 2.45) is 5.92 Å². The van der Waals surface area contributed by atoms with Gasteiger partial charge in [-0.1, -0.05) is 54.1 Å². The van der Waals surface area contributed by atoms with E-state index in [1.165, 1.54) is 0 Å². The Balaban J connectivity index is 1.18. The summed E-state index contributed by atoms with van der Waals surface area (Å²) < 4.78 is 6.09. The van der Waals surface area contributed by atoms with Crippen LogP contribution in [0.1, 0.15) is 23.2 Å². The van der Waals surface area contributed by atoms with Gasteiger partial charge in [0.1, 0.15) is 11.6 Å². The number of benzene rings is 5. The van der Waals surface area contributed by atoms with E-state index in [1.807, 2.05) is 109 Å². The normalized spacial score (nSPS) is 13.5. The van der Waals surface area contributed by atoms with Crippen LogP contribution in [0.3, 0.4) is 0 Å². The summed E-state index contributed by atoms with van der Waals surface area (Å²) in [7, 11) is 0. The molecule has 0 bridgehead atoms. The number of nitrogens with zero attached hydrogens (tertiary/aromatic N) is 2. The molecule has 1 fully saturated rings. The third-order valence-corrected chi connectivity index (χ3v) is 8.47. The lowest BCUT2D eigenvalue weighted by molar-refractivity contribution is 0.102. The second kappa shape index (κ2) is 12.9. The smallest absolute Gasteiger partial charge is 0.255 e. The third kappa shape index (κ3) is 6.60. The summed E-state index contributed by atoms with van der Waals surface area (Å²) in [5, 5.41) is 13.3. The predicted molar refractivity (Wildman–Crippen MR) is 183 cm³/mol. The first-order valence-corrected chi connectivity index (χ1v) is 15.5. The molecule has 1 aromatic heterocycles. The first-order valence-electron chi connectivity index (χ1n) is 15.2. The number of halogens is 1. The van der Waals surface area contributed by atoms with Crippen LogP contribution in [0.25, 0.3) is 33.1 Å². The third-order valence-electron chi connectivity index (χ3n) is 8.14. The highest BCUT2D eigenvalue weighted by Gasteiger charge is 2.16. The topological polar surface area (TPSA) is 88.2 Å². The quantitative estimate of drug-likeness (QED) is 0.160. The van der Waals surface area contributed by atoms with Crippen LogP contribution in [-0.4, -0.2) is 35.6 Å². The van der Waals surface area contributed by atoms with Crippen molar-refractivity contribution >= 4 is 56.4 Å². The molecule has 45 heavy (non-hydrogen) atoms. The number of aromatic nitrogens is 2. The van der Waals surface area contributed by atoms with Gasteiger partial charge >= 0.3 is 0 Å². The summed E-state index contributed by atoms with van der Waals surface area (Å²) in [4.78, 5) is 23.0. The number of nitrogens with one attached hydrogen (secondary N) is 3. The molecule has 6 aromatic rings. The van der Waals surface area contributed by atoms with Crippen LogP contribution in [0.5, 0.6) is 5.75 Å². The Bertz CT molecular complexity index is 1990. The minimum atomic E-state index is -0.191. The number of carbonyl (C=O) groups is 1. The molecule has 8 heteroatoms. The van der Waals surface area contributed by atoms with Crippen molar-refractivity contribution in [1.82, 2.24) is 15.3 Å². The highest BCUT2D eigenvalue weighted by atomic mass is 35.5. The first kappa shape index (κ1) is 28.8. The largest absolute Gasteiger partial charge is 0.493 e. The van der Waals surface area contributed by atoms with Gasteiger partial charge < -0.3 is 20.7 Å². The molecule has 7 nitrogen and oxygen atoms in total. The molecule has 3 N–H and O–H groups in total. The van der Waals surface area contributed by atoms with E-state index in [0.29, 0.717) is 39.4 Å². The summed E-state index contributed by atoms with van der Waals surface area (Å²) in [5.74, 6) is 2.33. The SMILES string of the molecule is O=C(Nc1ccc2nc(-c3ccccc3Cl)nc(Nc3ccc(OCC4CCNCC4)cc3)c2c1)c1ccc2ccccc2c1. The number of anilines is 3. The molecule has 0 radical (unpaired) electrons. The second-order valence-electron chi connectivity index (χ2n) is 11.3. The number of hydrogen-bond donors (Lipinski definition) is 3. The zero-order valence-corrected chi connectivity index (χ0v) is 25.4. The molecule has 1 aliphatic heterocycles. The highest BCUT2D eigenvalue weighted by molar-refractivity contribution is 6.33. The molecule has 0 aliphatic carbocycles. The van der Waals surface area contributed by atoms with Gasteiger partial charge in [0.25, 0.3) is 5.91 Å². The number of fused-ring (bicyclic) bond motifs is 2. The lowest BCUT2D eigenvalue weighted by atomic mass is 9.99. The second-order valence-corrected chi connectivity index (χ2v) is 11.7. The van der Waals surface area contributed by atoms with Gasteiger partial charge in [-0.15, -0.1) is 0 Å². The first-order chi connectivity index (χ1) is 22.1. The number of hydrogen-bond acceptors (Lipinski definition) is 6. The van der Waals surface area contributed by atoms with Crippen LogP contribution in [0.15, 0.2) is 109 Å². The Hall–Kier alpha value is -4.98. The Kier molecular flexibility index (Phi) is 8.27. The maximum absolute atomic E-state index is 13.2. The van der Waals surface area contributed by atoms with Crippen LogP contribution in [0, 0.1) is 5.92 Å². The lowest BCUT2D eigenvalue weighted by Crippen LogP contribution is -2.30. The molecule has 224 valence electrons. The van der Waals surface area contributed by atoms with Crippen molar-refractivity contribution in [1.29, 1.82) is 0 Å². The summed E-state index contributed by atoms with van der Waals surface area (Å²) >= 11 is 6.54. The monoisotopic (exact) mass is 613 g/mol. The maximum atomic E-state index is 13.2. The molecule has 0 atom stereocenters. The molecular formula is C37H32ClN5O2. The molecular weight excluding hydrogens is 582 g/mol. The van der Waals surface area contributed by atoms with Crippen LogP contribution in [-0.2, 0) is 0 Å². The molecule has 2 heterocycles. The number of rotatable bonds is 8. The van der Waals surface area contributed by atoms with E-state index in [1.54, 1.807) is 0 Å². The van der Waals surface area contributed by atoms with Gasteiger partial charge in [-0.3, -0.25) is 4.79 Å². The van der Waals surface area contributed by atoms with E-state index in [0.717, 1.165) is 65.7 Å². The summed E-state index contributed by atoms with van der Waals surface area (Å²) in [6, 6.07) is 34.7. The fourth-order valence-corrected chi connectivity index (χ4v) is 5.85. The Labute approximate surface area is 266 Å². The van der Waals surface area contributed by atoms with E-state index in [9.17, 15) is 4.79 Å². The standard InChI is InChI=1S/C37H32ClN5O2/c38-33-8-4-3-7-31(33)35-42-34-16-13-29(41-37(44)27-10-9-25-5-1-2-6-26(25)21-27)22-32(34)36(43-35)40-28-11-14-30(15-12-28)45-23-24-17-19-39-20-18-24/h1-16,21-22,24,39H,17-20,23H2,(H,41,44)(H,40,42,43). The van der Waals surface area contributed by atoms with Crippen LogP contribution < -0.4 is 20.7 Å². The van der Waals surface area contributed by atoms with E-state index >= 15 is 0 Å². The number of piperidine rings is 1. The number of ether oxygens (including phenoxy) is 1. The van der Waals surface area contributed by atoms with E-state index < -0.39 is 0 Å². The molecule has 0 unspecified atom stereocenters. The van der Waals surface area contributed by atoms with Gasteiger partial charge in [0.2, 0.25) is 0 Å². The molecule has 0 saturated carbocycles. The average molecular weight is 614 g/mol. The molecule has 5 aromatic carbocycles. The van der Waals surface area contributed by atoms with Gasteiger partial charge in [-0.05, 0) is 109 Å². The van der Waals surface area contributed by atoms with Crippen LogP contribution in [0.2, 0.25) is 5.02 Å². The highest BCUT2D eigenvalue weighted by Crippen LogP contribution is 2.32. The van der Waals surface area contributed by atoms with Crippen molar-refractivity contribution < 1.29 is 9.53 Å². The van der Waals surface area contributed by atoms with Crippen molar-refractivity contribution in [3.05, 3.63) is 120 Å². The summed E-state index contributed by atoms with van der Waals surface area (Å²) in [5.41, 5.74) is 3.52. The summed E-state index contributed by atoms with van der Waals surface area (Å²) in [6.45, 7) is 2.82. The molecule has 1 amide bonds. The van der Waals surface area contributed by atoms with Gasteiger partial charge in [0, 0.05) is 27.9 Å². The molecule has 1 aliphatic rings.